The van der Waals surface area contributed by atoms with Crippen molar-refractivity contribution in [2.75, 3.05) is 33.8 Å². The number of likely N-dealkylation sites (N-methyl/N-ethyl adjacent to an activating group) is 1. The van der Waals surface area contributed by atoms with Crippen LogP contribution < -0.4 is 10.3 Å². The third kappa shape index (κ3) is 4.51. The number of carbonyl (C=O) groups excluding carboxylic acids is 3. The first-order valence-corrected chi connectivity index (χ1v) is 13.0. The molecule has 1 saturated heterocycles. The van der Waals surface area contributed by atoms with Gasteiger partial charge in [0.2, 0.25) is 5.91 Å². The lowest BCUT2D eigenvalue weighted by Crippen LogP contribution is -2.39. The molecule has 2 aromatic heterocycles. The number of Topliss-reactive ketones (excluding diaryl/α,β-unsaturated/α-hetero) is 1. The maximum atomic E-state index is 13.8. The van der Waals surface area contributed by atoms with Gasteiger partial charge in [-0.15, -0.1) is 11.3 Å². The van der Waals surface area contributed by atoms with E-state index in [0.717, 1.165) is 18.2 Å². The number of rotatable bonds is 7. The molecule has 37 heavy (non-hydrogen) atoms. The summed E-state index contributed by atoms with van der Waals surface area (Å²) in [5, 5.41) is 1.01. The van der Waals surface area contributed by atoms with E-state index in [1.165, 1.54) is 27.9 Å². The van der Waals surface area contributed by atoms with Crippen LogP contribution in [0.3, 0.4) is 0 Å². The highest BCUT2D eigenvalue weighted by molar-refractivity contribution is 7.22. The molecule has 0 N–H and O–H groups in total. The average Bonchev–Trinajstić information content (AvgIpc) is 3.60. The molecule has 4 aromatic rings. The summed E-state index contributed by atoms with van der Waals surface area (Å²) in [7, 11) is 3.00. The average molecular weight is 518 g/mol. The predicted octanol–water partition coefficient (Wildman–Crippen LogP) is 3.80. The Hall–Kier alpha value is -3.98. The fourth-order valence-electron chi connectivity index (χ4n) is 4.81. The molecular formula is C28H27N3O5S. The standard InChI is InChI=1S/C28H27N3O5S/c1-29(17-22(33)30-14-8-9-15-30)28(35)26-24(36-2)23-25(37-26)19-12-6-7-13-20(19)31(27(23)34)16-21(32)18-10-4-3-5-11-18/h3-7,10-13H,8-9,14-17H2,1-2H3. The number of hydrogen-bond donors (Lipinski definition) is 0. The fourth-order valence-corrected chi connectivity index (χ4v) is 6.10. The second kappa shape index (κ2) is 10.2. The summed E-state index contributed by atoms with van der Waals surface area (Å²) in [6.45, 7) is 1.22. The summed E-state index contributed by atoms with van der Waals surface area (Å²) >= 11 is 1.17. The number of nitrogens with zero attached hydrogens (tertiary/aromatic N) is 3. The molecule has 5 rings (SSSR count). The maximum absolute atomic E-state index is 13.8. The predicted molar refractivity (Wildman–Crippen MR) is 144 cm³/mol. The Morgan fingerprint density at radius 1 is 1.00 bits per heavy atom. The molecule has 0 bridgehead atoms. The number of methoxy groups -OCH3 is 1. The lowest BCUT2D eigenvalue weighted by atomic mass is 10.1. The number of benzene rings is 2. The van der Waals surface area contributed by atoms with E-state index in [2.05, 4.69) is 0 Å². The highest BCUT2D eigenvalue weighted by Crippen LogP contribution is 2.40. The molecule has 0 saturated carbocycles. The first-order valence-electron chi connectivity index (χ1n) is 12.1. The number of hydrogen-bond acceptors (Lipinski definition) is 6. The molecule has 2 amide bonds. The van der Waals surface area contributed by atoms with Gasteiger partial charge in [0.25, 0.3) is 11.5 Å². The van der Waals surface area contributed by atoms with Crippen molar-refractivity contribution >= 4 is 49.9 Å². The molecule has 9 heteroatoms. The zero-order chi connectivity index (χ0) is 26.1. The third-order valence-corrected chi connectivity index (χ3v) is 7.93. The molecule has 1 aliphatic heterocycles. The molecule has 0 aliphatic carbocycles. The van der Waals surface area contributed by atoms with E-state index in [9.17, 15) is 19.2 Å². The van der Waals surface area contributed by atoms with E-state index in [0.29, 0.717) is 28.9 Å². The van der Waals surface area contributed by atoms with E-state index < -0.39 is 5.56 Å². The van der Waals surface area contributed by atoms with Crippen LogP contribution in [0.15, 0.2) is 59.4 Å². The second-order valence-electron chi connectivity index (χ2n) is 9.12. The number of amides is 2. The van der Waals surface area contributed by atoms with E-state index >= 15 is 0 Å². The molecule has 1 fully saturated rings. The summed E-state index contributed by atoms with van der Waals surface area (Å²) in [5.74, 6) is -0.512. The minimum absolute atomic E-state index is 0.0488. The zero-order valence-corrected chi connectivity index (χ0v) is 21.5. The first kappa shape index (κ1) is 24.7. The number of fused-ring (bicyclic) bond motifs is 3. The molecule has 2 aromatic carbocycles. The Labute approximate surface area is 217 Å². The Kier molecular flexibility index (Phi) is 6.80. The van der Waals surface area contributed by atoms with Gasteiger partial charge in [0.1, 0.15) is 10.3 Å². The minimum atomic E-state index is -0.402. The smallest absolute Gasteiger partial charge is 0.268 e. The molecule has 1 aliphatic rings. The van der Waals surface area contributed by atoms with Crippen molar-refractivity contribution in [1.29, 1.82) is 0 Å². The Morgan fingerprint density at radius 2 is 1.68 bits per heavy atom. The Bertz CT molecular complexity index is 1570. The van der Waals surface area contributed by atoms with Gasteiger partial charge in [-0.2, -0.15) is 0 Å². The number of para-hydroxylation sites is 1. The van der Waals surface area contributed by atoms with Crippen molar-refractivity contribution in [1.82, 2.24) is 14.4 Å². The Morgan fingerprint density at radius 3 is 2.38 bits per heavy atom. The summed E-state index contributed by atoms with van der Waals surface area (Å²) in [4.78, 5) is 56.3. The number of likely N-dealkylation sites (tertiary alicyclic amines) is 1. The highest BCUT2D eigenvalue weighted by atomic mass is 32.1. The number of thiophene rings is 1. The van der Waals surface area contributed by atoms with Crippen molar-refractivity contribution in [2.24, 2.45) is 0 Å². The van der Waals surface area contributed by atoms with Crippen molar-refractivity contribution in [3.05, 3.63) is 75.4 Å². The summed E-state index contributed by atoms with van der Waals surface area (Å²) < 4.78 is 7.67. The normalized spacial score (nSPS) is 13.3. The van der Waals surface area contributed by atoms with Gasteiger partial charge < -0.3 is 14.5 Å². The number of ketones is 1. The van der Waals surface area contributed by atoms with Crippen LogP contribution in [0.25, 0.3) is 21.0 Å². The molecule has 0 atom stereocenters. The van der Waals surface area contributed by atoms with E-state index in [1.54, 1.807) is 42.3 Å². The molecule has 190 valence electrons. The van der Waals surface area contributed by atoms with E-state index in [1.807, 2.05) is 24.3 Å². The fraction of sp³-hybridized carbons (Fsp3) is 0.286. The van der Waals surface area contributed by atoms with Gasteiger partial charge in [0.15, 0.2) is 11.5 Å². The van der Waals surface area contributed by atoms with Crippen LogP contribution >= 0.6 is 11.3 Å². The van der Waals surface area contributed by atoms with Crippen LogP contribution in [0.1, 0.15) is 32.9 Å². The molecular weight excluding hydrogens is 490 g/mol. The number of ether oxygens (including phenoxy) is 1. The quantitative estimate of drug-likeness (QED) is 0.348. The SMILES string of the molecule is COc1c(C(=O)N(C)CC(=O)N2CCCC2)sc2c1c(=O)n(CC(=O)c1ccccc1)c1ccccc21. The lowest BCUT2D eigenvalue weighted by molar-refractivity contribution is -0.130. The van der Waals surface area contributed by atoms with Gasteiger partial charge >= 0.3 is 0 Å². The minimum Gasteiger partial charge on any atom is -0.494 e. The van der Waals surface area contributed by atoms with Crippen molar-refractivity contribution < 1.29 is 19.1 Å². The van der Waals surface area contributed by atoms with Gasteiger partial charge in [0, 0.05) is 31.1 Å². The lowest BCUT2D eigenvalue weighted by Gasteiger charge is -2.21. The maximum Gasteiger partial charge on any atom is 0.268 e. The van der Waals surface area contributed by atoms with Gasteiger partial charge in [0.05, 0.1) is 30.4 Å². The largest absolute Gasteiger partial charge is 0.494 e. The van der Waals surface area contributed by atoms with Gasteiger partial charge in [-0.25, -0.2) is 0 Å². The monoisotopic (exact) mass is 517 g/mol. The molecule has 0 unspecified atom stereocenters. The topological polar surface area (TPSA) is 88.9 Å². The summed E-state index contributed by atoms with van der Waals surface area (Å²) in [6, 6.07) is 16.1. The van der Waals surface area contributed by atoms with E-state index in [-0.39, 0.29) is 46.7 Å². The van der Waals surface area contributed by atoms with Crippen LogP contribution in [0, 0.1) is 0 Å². The molecule has 8 nitrogen and oxygen atoms in total. The van der Waals surface area contributed by atoms with Crippen LogP contribution in [-0.4, -0.2) is 65.8 Å². The van der Waals surface area contributed by atoms with Crippen molar-refractivity contribution in [3.63, 3.8) is 0 Å². The Balaban J connectivity index is 1.59. The second-order valence-corrected chi connectivity index (χ2v) is 10.1. The first-order chi connectivity index (χ1) is 17.9. The molecule has 0 spiro atoms. The van der Waals surface area contributed by atoms with Gasteiger partial charge in [-0.05, 0) is 18.9 Å². The van der Waals surface area contributed by atoms with Crippen LogP contribution in [0.2, 0.25) is 0 Å². The highest BCUT2D eigenvalue weighted by Gasteiger charge is 2.29. The van der Waals surface area contributed by atoms with Crippen molar-refractivity contribution in [3.8, 4) is 5.75 Å². The van der Waals surface area contributed by atoms with Crippen LogP contribution in [-0.2, 0) is 11.3 Å². The third-order valence-electron chi connectivity index (χ3n) is 6.74. The number of pyridine rings is 1. The summed E-state index contributed by atoms with van der Waals surface area (Å²) in [5.41, 5.74) is 0.710. The zero-order valence-electron chi connectivity index (χ0n) is 20.7. The number of carbonyl (C=O) groups is 3. The van der Waals surface area contributed by atoms with Crippen molar-refractivity contribution in [2.45, 2.75) is 19.4 Å². The molecule has 0 radical (unpaired) electrons. The summed E-state index contributed by atoms with van der Waals surface area (Å²) in [6.07, 6.45) is 1.94. The van der Waals surface area contributed by atoms with Gasteiger partial charge in [-0.3, -0.25) is 23.7 Å². The van der Waals surface area contributed by atoms with Crippen LogP contribution in [0.5, 0.6) is 5.75 Å². The number of aromatic nitrogens is 1. The van der Waals surface area contributed by atoms with E-state index in [4.69, 9.17) is 4.74 Å². The molecule has 3 heterocycles. The van der Waals surface area contributed by atoms with Crippen LogP contribution in [0.4, 0.5) is 0 Å². The van der Waals surface area contributed by atoms with Gasteiger partial charge in [-0.1, -0.05) is 48.5 Å².